The van der Waals surface area contributed by atoms with Crippen LogP contribution in [0.4, 0.5) is 0 Å². The molecule has 1 aliphatic rings. The second kappa shape index (κ2) is 9.01. The van der Waals surface area contributed by atoms with Crippen LogP contribution in [0.5, 0.6) is 0 Å². The standard InChI is InChI=1S/C24H24N2O4S/c1-31(28,29)26(15-18-9-3-2-4-10-18)16-19(27)17-30-25-24-22-13-7-5-11-20(22)21-12-6-8-14-23(21)24/h2-14,19,27H,15-17H2,1H3/t19-/m0/s1. The maximum Gasteiger partial charge on any atom is 0.211 e. The quantitative estimate of drug-likeness (QED) is 0.430. The highest BCUT2D eigenvalue weighted by Gasteiger charge is 2.25. The third kappa shape index (κ3) is 4.85. The Morgan fingerprint density at radius 2 is 1.39 bits per heavy atom. The summed E-state index contributed by atoms with van der Waals surface area (Å²) < 4.78 is 25.6. The number of sulfonamides is 1. The molecule has 4 rings (SSSR count). The fourth-order valence-corrected chi connectivity index (χ4v) is 4.50. The molecule has 0 spiro atoms. The molecule has 1 aliphatic carbocycles. The zero-order valence-corrected chi connectivity index (χ0v) is 18.0. The first kappa shape index (κ1) is 21.2. The minimum absolute atomic E-state index is 0.0776. The van der Waals surface area contributed by atoms with E-state index in [9.17, 15) is 13.5 Å². The SMILES string of the molecule is CS(=O)(=O)N(Cc1ccccc1)C[C@H](O)CON=C1c2ccccc2-c2ccccc21. The van der Waals surface area contributed by atoms with E-state index in [0.717, 1.165) is 34.1 Å². The van der Waals surface area contributed by atoms with Gasteiger partial charge in [0.25, 0.3) is 0 Å². The van der Waals surface area contributed by atoms with Gasteiger partial charge < -0.3 is 9.94 Å². The van der Waals surface area contributed by atoms with Crippen molar-refractivity contribution in [1.29, 1.82) is 0 Å². The lowest BCUT2D eigenvalue weighted by Gasteiger charge is -2.22. The second-order valence-electron chi connectivity index (χ2n) is 7.52. The fraction of sp³-hybridized carbons (Fsp3) is 0.208. The van der Waals surface area contributed by atoms with Crippen molar-refractivity contribution in [1.82, 2.24) is 4.31 Å². The smallest absolute Gasteiger partial charge is 0.211 e. The lowest BCUT2D eigenvalue weighted by molar-refractivity contribution is 0.0302. The monoisotopic (exact) mass is 436 g/mol. The predicted molar refractivity (Wildman–Crippen MR) is 121 cm³/mol. The summed E-state index contributed by atoms with van der Waals surface area (Å²) in [7, 11) is -3.50. The molecule has 0 saturated heterocycles. The van der Waals surface area contributed by atoms with Crippen LogP contribution in [0.2, 0.25) is 0 Å². The molecule has 0 heterocycles. The third-order valence-corrected chi connectivity index (χ3v) is 6.38. The Morgan fingerprint density at radius 1 is 0.871 bits per heavy atom. The van der Waals surface area contributed by atoms with E-state index in [1.807, 2.05) is 78.9 Å². The zero-order valence-electron chi connectivity index (χ0n) is 17.2. The van der Waals surface area contributed by atoms with E-state index < -0.39 is 16.1 Å². The van der Waals surface area contributed by atoms with Gasteiger partial charge in [-0.25, -0.2) is 8.42 Å². The van der Waals surface area contributed by atoms with E-state index in [-0.39, 0.29) is 19.7 Å². The van der Waals surface area contributed by atoms with Crippen LogP contribution in [-0.2, 0) is 21.4 Å². The van der Waals surface area contributed by atoms with E-state index in [2.05, 4.69) is 5.16 Å². The van der Waals surface area contributed by atoms with Gasteiger partial charge in [0.2, 0.25) is 10.0 Å². The first-order valence-corrected chi connectivity index (χ1v) is 11.8. The van der Waals surface area contributed by atoms with E-state index in [4.69, 9.17) is 4.84 Å². The highest BCUT2D eigenvalue weighted by molar-refractivity contribution is 7.88. The van der Waals surface area contributed by atoms with Gasteiger partial charge in [0.05, 0.1) is 6.26 Å². The number of fused-ring (bicyclic) bond motifs is 3. The average molecular weight is 437 g/mol. The number of hydrogen-bond donors (Lipinski definition) is 1. The zero-order chi connectivity index (χ0) is 21.8. The van der Waals surface area contributed by atoms with Gasteiger partial charge in [0.15, 0.2) is 0 Å². The van der Waals surface area contributed by atoms with Gasteiger partial charge in [0, 0.05) is 24.2 Å². The Labute approximate surface area is 182 Å². The Balaban J connectivity index is 1.45. The van der Waals surface area contributed by atoms with Crippen molar-refractivity contribution in [3.05, 3.63) is 95.6 Å². The van der Waals surface area contributed by atoms with Crippen LogP contribution < -0.4 is 0 Å². The van der Waals surface area contributed by atoms with Crippen LogP contribution in [0.1, 0.15) is 16.7 Å². The van der Waals surface area contributed by atoms with Gasteiger partial charge in [0.1, 0.15) is 18.4 Å². The number of rotatable bonds is 8. The van der Waals surface area contributed by atoms with Crippen LogP contribution in [0, 0.1) is 0 Å². The van der Waals surface area contributed by atoms with Gasteiger partial charge in [-0.1, -0.05) is 84.0 Å². The summed E-state index contributed by atoms with van der Waals surface area (Å²) in [4.78, 5) is 5.47. The lowest BCUT2D eigenvalue weighted by atomic mass is 10.1. The minimum atomic E-state index is -3.50. The number of nitrogens with zero attached hydrogens (tertiary/aromatic N) is 2. The minimum Gasteiger partial charge on any atom is -0.392 e. The molecule has 3 aromatic rings. The van der Waals surface area contributed by atoms with E-state index >= 15 is 0 Å². The Hall–Kier alpha value is -3.00. The maximum atomic E-state index is 12.2. The topological polar surface area (TPSA) is 79.2 Å². The fourth-order valence-electron chi connectivity index (χ4n) is 3.67. The Bertz CT molecular complexity index is 1150. The summed E-state index contributed by atoms with van der Waals surface area (Å²) in [6, 6.07) is 25.2. The summed E-state index contributed by atoms with van der Waals surface area (Å²) in [6.07, 6.45) is 0.116. The van der Waals surface area contributed by atoms with Gasteiger partial charge in [-0.2, -0.15) is 4.31 Å². The molecule has 3 aromatic carbocycles. The molecule has 0 unspecified atom stereocenters. The van der Waals surface area contributed by atoms with Crippen molar-refractivity contribution in [3.63, 3.8) is 0 Å². The summed E-state index contributed by atoms with van der Waals surface area (Å²) >= 11 is 0. The van der Waals surface area contributed by atoms with E-state index in [0.29, 0.717) is 5.71 Å². The molecular formula is C24H24N2O4S. The van der Waals surface area contributed by atoms with E-state index in [1.54, 1.807) is 0 Å². The molecule has 0 amide bonds. The first-order valence-electron chi connectivity index (χ1n) is 10.00. The number of oxime groups is 1. The summed E-state index contributed by atoms with van der Waals surface area (Å²) in [5.41, 5.74) is 5.68. The molecule has 0 radical (unpaired) electrons. The highest BCUT2D eigenvalue weighted by atomic mass is 32.2. The Kier molecular flexibility index (Phi) is 6.18. The van der Waals surface area contributed by atoms with E-state index in [1.165, 1.54) is 4.31 Å². The highest BCUT2D eigenvalue weighted by Crippen LogP contribution is 2.36. The number of benzene rings is 3. The Morgan fingerprint density at radius 3 is 1.94 bits per heavy atom. The largest absolute Gasteiger partial charge is 0.392 e. The predicted octanol–water partition coefficient (Wildman–Crippen LogP) is 3.26. The molecule has 6 nitrogen and oxygen atoms in total. The molecule has 0 saturated carbocycles. The molecule has 0 aromatic heterocycles. The van der Waals surface area contributed by atoms with Crippen molar-refractivity contribution in [2.75, 3.05) is 19.4 Å². The van der Waals surface area contributed by atoms with Crippen LogP contribution in [0.25, 0.3) is 11.1 Å². The molecule has 0 fully saturated rings. The summed E-state index contributed by atoms with van der Waals surface area (Å²) in [5, 5.41) is 14.7. The van der Waals surface area contributed by atoms with Crippen LogP contribution in [0.3, 0.4) is 0 Å². The molecule has 7 heteroatoms. The van der Waals surface area contributed by atoms with Crippen molar-refractivity contribution in [2.24, 2.45) is 5.16 Å². The van der Waals surface area contributed by atoms with Gasteiger partial charge in [-0.05, 0) is 16.7 Å². The molecule has 160 valence electrons. The van der Waals surface area contributed by atoms with Crippen LogP contribution in [-0.4, -0.2) is 49.1 Å². The molecule has 0 aliphatic heterocycles. The molecule has 1 atom stereocenters. The van der Waals surface area contributed by atoms with Gasteiger partial charge in [-0.3, -0.25) is 0 Å². The third-order valence-electron chi connectivity index (χ3n) is 5.16. The second-order valence-corrected chi connectivity index (χ2v) is 9.50. The maximum absolute atomic E-state index is 12.2. The normalized spacial score (nSPS) is 13.6. The van der Waals surface area contributed by atoms with Gasteiger partial charge >= 0.3 is 0 Å². The molecule has 1 N–H and O–H groups in total. The van der Waals surface area contributed by atoms with Crippen molar-refractivity contribution in [3.8, 4) is 11.1 Å². The van der Waals surface area contributed by atoms with Crippen molar-refractivity contribution >= 4 is 15.7 Å². The molecule has 0 bridgehead atoms. The average Bonchev–Trinajstić information content (AvgIpc) is 3.08. The van der Waals surface area contributed by atoms with Crippen LogP contribution in [0.15, 0.2) is 84.0 Å². The molecular weight excluding hydrogens is 412 g/mol. The number of aliphatic hydroxyl groups excluding tert-OH is 1. The molecule has 31 heavy (non-hydrogen) atoms. The lowest BCUT2D eigenvalue weighted by Crippen LogP contribution is -2.38. The number of hydrogen-bond acceptors (Lipinski definition) is 5. The first-order chi connectivity index (χ1) is 14.9. The van der Waals surface area contributed by atoms with Crippen molar-refractivity contribution < 1.29 is 18.4 Å². The van der Waals surface area contributed by atoms with Crippen molar-refractivity contribution in [2.45, 2.75) is 12.6 Å². The summed E-state index contributed by atoms with van der Waals surface area (Å²) in [5.74, 6) is 0. The van der Waals surface area contributed by atoms with Gasteiger partial charge in [-0.15, -0.1) is 0 Å². The number of aliphatic hydroxyl groups is 1. The van der Waals surface area contributed by atoms with Crippen LogP contribution >= 0.6 is 0 Å². The summed E-state index contributed by atoms with van der Waals surface area (Å²) in [6.45, 7) is -0.00754.